The molecule has 126 valence electrons. The zero-order valence-corrected chi connectivity index (χ0v) is 14.4. The molecule has 0 radical (unpaired) electrons. The molecule has 2 saturated carbocycles. The fraction of sp³-hybridized carbons (Fsp3) is 0.722. The van der Waals surface area contributed by atoms with E-state index in [2.05, 4.69) is 25.6 Å². The molecular formula is C18H29N5. The highest BCUT2D eigenvalue weighted by molar-refractivity contribution is 5.79. The molecule has 0 amide bonds. The summed E-state index contributed by atoms with van der Waals surface area (Å²) < 4.78 is 0. The number of nitrogens with one attached hydrogen (secondary N) is 2. The van der Waals surface area contributed by atoms with Crippen molar-refractivity contribution in [3.05, 3.63) is 23.8 Å². The van der Waals surface area contributed by atoms with E-state index in [1.807, 2.05) is 20.0 Å². The second-order valence-corrected chi connectivity index (χ2v) is 6.98. The first-order chi connectivity index (χ1) is 11.2. The van der Waals surface area contributed by atoms with Crippen molar-refractivity contribution in [2.75, 3.05) is 7.05 Å². The SMILES string of the molecule is CN=C(NCc1ccnc(C)n1)NC1CCC2CCCCC2C1. The van der Waals surface area contributed by atoms with Gasteiger partial charge < -0.3 is 10.6 Å². The van der Waals surface area contributed by atoms with E-state index in [0.717, 1.165) is 29.3 Å². The predicted molar refractivity (Wildman–Crippen MR) is 93.2 cm³/mol. The Labute approximate surface area is 139 Å². The minimum Gasteiger partial charge on any atom is -0.354 e. The van der Waals surface area contributed by atoms with Crippen LogP contribution in [0.4, 0.5) is 0 Å². The molecule has 3 rings (SSSR count). The fourth-order valence-electron chi connectivity index (χ4n) is 4.17. The number of guanidine groups is 1. The third-order valence-electron chi connectivity index (χ3n) is 5.37. The summed E-state index contributed by atoms with van der Waals surface area (Å²) in [6.45, 7) is 2.60. The minimum absolute atomic E-state index is 0.563. The van der Waals surface area contributed by atoms with Gasteiger partial charge in [0.05, 0.1) is 12.2 Å². The smallest absolute Gasteiger partial charge is 0.191 e. The minimum atomic E-state index is 0.563. The van der Waals surface area contributed by atoms with E-state index in [4.69, 9.17) is 0 Å². The van der Waals surface area contributed by atoms with Crippen molar-refractivity contribution in [2.24, 2.45) is 16.8 Å². The molecule has 0 aliphatic heterocycles. The molecule has 1 aromatic heterocycles. The normalized spacial score (nSPS) is 28.1. The van der Waals surface area contributed by atoms with Crippen LogP contribution in [0.5, 0.6) is 0 Å². The number of aromatic nitrogens is 2. The van der Waals surface area contributed by atoms with Crippen molar-refractivity contribution >= 4 is 5.96 Å². The van der Waals surface area contributed by atoms with Crippen LogP contribution in [-0.4, -0.2) is 29.0 Å². The van der Waals surface area contributed by atoms with Crippen molar-refractivity contribution < 1.29 is 0 Å². The molecule has 1 aromatic rings. The Hall–Kier alpha value is -1.65. The van der Waals surface area contributed by atoms with E-state index >= 15 is 0 Å². The van der Waals surface area contributed by atoms with Gasteiger partial charge in [-0.25, -0.2) is 9.97 Å². The van der Waals surface area contributed by atoms with Gasteiger partial charge in [0.25, 0.3) is 0 Å². The third kappa shape index (κ3) is 4.43. The van der Waals surface area contributed by atoms with E-state index in [-0.39, 0.29) is 0 Å². The number of rotatable bonds is 3. The topological polar surface area (TPSA) is 62.2 Å². The Morgan fingerprint density at radius 1 is 1.22 bits per heavy atom. The van der Waals surface area contributed by atoms with Crippen molar-refractivity contribution in [3.63, 3.8) is 0 Å². The van der Waals surface area contributed by atoms with Crippen LogP contribution in [0.1, 0.15) is 56.5 Å². The maximum Gasteiger partial charge on any atom is 0.191 e. The number of hydrogen-bond acceptors (Lipinski definition) is 3. The fourth-order valence-corrected chi connectivity index (χ4v) is 4.17. The predicted octanol–water partition coefficient (Wildman–Crippen LogP) is 2.81. The molecule has 0 bridgehead atoms. The largest absolute Gasteiger partial charge is 0.354 e. The highest BCUT2D eigenvalue weighted by atomic mass is 15.2. The van der Waals surface area contributed by atoms with Crippen LogP contribution in [-0.2, 0) is 6.54 Å². The Bertz CT molecular complexity index is 542. The Morgan fingerprint density at radius 3 is 2.83 bits per heavy atom. The second-order valence-electron chi connectivity index (χ2n) is 6.98. The number of fused-ring (bicyclic) bond motifs is 1. The highest BCUT2D eigenvalue weighted by Gasteiger charge is 2.32. The summed E-state index contributed by atoms with van der Waals surface area (Å²) in [6.07, 6.45) is 11.5. The van der Waals surface area contributed by atoms with Gasteiger partial charge in [-0.3, -0.25) is 4.99 Å². The van der Waals surface area contributed by atoms with E-state index in [9.17, 15) is 0 Å². The summed E-state index contributed by atoms with van der Waals surface area (Å²) in [5.41, 5.74) is 0.997. The average Bonchev–Trinajstić information content (AvgIpc) is 2.58. The van der Waals surface area contributed by atoms with Crippen molar-refractivity contribution in [1.29, 1.82) is 0 Å². The Morgan fingerprint density at radius 2 is 2.04 bits per heavy atom. The lowest BCUT2D eigenvalue weighted by molar-refractivity contribution is 0.150. The maximum atomic E-state index is 4.42. The lowest BCUT2D eigenvalue weighted by Gasteiger charge is -2.39. The van der Waals surface area contributed by atoms with Gasteiger partial charge >= 0.3 is 0 Å². The van der Waals surface area contributed by atoms with Crippen LogP contribution in [0, 0.1) is 18.8 Å². The highest BCUT2D eigenvalue weighted by Crippen LogP contribution is 2.40. The van der Waals surface area contributed by atoms with Crippen LogP contribution in [0.15, 0.2) is 17.3 Å². The monoisotopic (exact) mass is 315 g/mol. The van der Waals surface area contributed by atoms with Crippen molar-refractivity contribution in [2.45, 2.75) is 64.5 Å². The van der Waals surface area contributed by atoms with Crippen LogP contribution < -0.4 is 10.6 Å². The van der Waals surface area contributed by atoms with Crippen LogP contribution in [0.2, 0.25) is 0 Å². The molecular weight excluding hydrogens is 286 g/mol. The van der Waals surface area contributed by atoms with Crippen LogP contribution in [0.25, 0.3) is 0 Å². The molecule has 2 N–H and O–H groups in total. The van der Waals surface area contributed by atoms with E-state index in [0.29, 0.717) is 12.6 Å². The van der Waals surface area contributed by atoms with Gasteiger partial charge in [-0.1, -0.05) is 25.7 Å². The molecule has 5 nitrogen and oxygen atoms in total. The first-order valence-electron chi connectivity index (χ1n) is 9.00. The zero-order chi connectivity index (χ0) is 16.1. The van der Waals surface area contributed by atoms with Gasteiger partial charge in [-0.15, -0.1) is 0 Å². The van der Waals surface area contributed by atoms with Crippen LogP contribution in [0.3, 0.4) is 0 Å². The second kappa shape index (κ2) is 7.75. The summed E-state index contributed by atoms with van der Waals surface area (Å²) in [7, 11) is 1.84. The molecule has 0 spiro atoms. The van der Waals surface area contributed by atoms with E-state index in [1.54, 1.807) is 6.20 Å². The molecule has 1 heterocycles. The number of aryl methyl sites for hydroxylation is 1. The molecule has 0 saturated heterocycles. The third-order valence-corrected chi connectivity index (χ3v) is 5.37. The number of hydrogen-bond donors (Lipinski definition) is 2. The standard InChI is InChI=1S/C18H29N5/c1-13-20-10-9-17(22-13)12-21-18(19-2)23-16-8-7-14-5-3-4-6-15(14)11-16/h9-10,14-16H,3-8,11-12H2,1-2H3,(H2,19,21,23). The lowest BCUT2D eigenvalue weighted by Crippen LogP contribution is -2.46. The number of nitrogens with zero attached hydrogens (tertiary/aromatic N) is 3. The average molecular weight is 315 g/mol. The van der Waals surface area contributed by atoms with Gasteiger partial charge in [-0.05, 0) is 44.1 Å². The van der Waals surface area contributed by atoms with E-state index < -0.39 is 0 Å². The molecule has 0 aromatic carbocycles. The van der Waals surface area contributed by atoms with Gasteiger partial charge in [0.15, 0.2) is 5.96 Å². The molecule has 5 heteroatoms. The van der Waals surface area contributed by atoms with Crippen molar-refractivity contribution in [1.82, 2.24) is 20.6 Å². The summed E-state index contributed by atoms with van der Waals surface area (Å²) in [6, 6.07) is 2.51. The summed E-state index contributed by atoms with van der Waals surface area (Å²) >= 11 is 0. The first-order valence-corrected chi connectivity index (χ1v) is 9.00. The van der Waals surface area contributed by atoms with Gasteiger partial charge in [0.2, 0.25) is 0 Å². The molecule has 3 atom stereocenters. The quantitative estimate of drug-likeness (QED) is 0.665. The van der Waals surface area contributed by atoms with Gasteiger partial charge in [0, 0.05) is 19.3 Å². The van der Waals surface area contributed by atoms with Gasteiger partial charge in [0.1, 0.15) is 5.82 Å². The summed E-state index contributed by atoms with van der Waals surface area (Å²) in [4.78, 5) is 12.9. The molecule has 23 heavy (non-hydrogen) atoms. The first kappa shape index (κ1) is 16.2. The summed E-state index contributed by atoms with van der Waals surface area (Å²) in [5.74, 6) is 3.61. The Balaban J connectivity index is 1.49. The zero-order valence-electron chi connectivity index (χ0n) is 14.4. The molecule has 2 aliphatic rings. The Kier molecular flexibility index (Phi) is 5.47. The number of aliphatic imine (C=N–C) groups is 1. The molecule has 2 fully saturated rings. The van der Waals surface area contributed by atoms with Gasteiger partial charge in [-0.2, -0.15) is 0 Å². The molecule has 3 unspecified atom stereocenters. The maximum absolute atomic E-state index is 4.42. The molecule has 2 aliphatic carbocycles. The van der Waals surface area contributed by atoms with Crippen LogP contribution >= 0.6 is 0 Å². The van der Waals surface area contributed by atoms with E-state index in [1.165, 1.54) is 44.9 Å². The van der Waals surface area contributed by atoms with Crippen molar-refractivity contribution in [3.8, 4) is 0 Å². The lowest BCUT2D eigenvalue weighted by atomic mass is 9.69. The summed E-state index contributed by atoms with van der Waals surface area (Å²) in [5, 5.41) is 7.00.